The number of sulfonamides is 1. The Morgan fingerprint density at radius 1 is 1.28 bits per heavy atom. The summed E-state index contributed by atoms with van der Waals surface area (Å²) in [5.41, 5.74) is 4.46. The summed E-state index contributed by atoms with van der Waals surface area (Å²) in [6, 6.07) is 7.24. The first-order valence-electron chi connectivity index (χ1n) is 8.46. The number of urea groups is 1. The van der Waals surface area contributed by atoms with Gasteiger partial charge in [-0.15, -0.1) is 0 Å². The van der Waals surface area contributed by atoms with Crippen molar-refractivity contribution in [1.29, 1.82) is 0 Å². The van der Waals surface area contributed by atoms with Crippen molar-refractivity contribution in [2.45, 2.75) is 32.2 Å². The molecule has 8 nitrogen and oxygen atoms in total. The van der Waals surface area contributed by atoms with Gasteiger partial charge in [-0.3, -0.25) is 0 Å². The Morgan fingerprint density at radius 3 is 2.72 bits per heavy atom. The van der Waals surface area contributed by atoms with Crippen molar-refractivity contribution >= 4 is 27.1 Å². The van der Waals surface area contributed by atoms with Crippen LogP contribution in [0.1, 0.15) is 26.2 Å². The van der Waals surface area contributed by atoms with E-state index in [1.165, 1.54) is 0 Å². The number of nitrogens with one attached hydrogen (secondary N) is 2. The number of carbonyl (C=O) groups is 1. The van der Waals surface area contributed by atoms with Gasteiger partial charge in [-0.25, -0.2) is 33.0 Å². The van der Waals surface area contributed by atoms with E-state index in [-0.39, 0.29) is 17.8 Å². The maximum atomic E-state index is 12.4. The van der Waals surface area contributed by atoms with Crippen LogP contribution in [0.25, 0.3) is 11.0 Å². The zero-order chi connectivity index (χ0) is 17.9. The highest BCUT2D eigenvalue weighted by Gasteiger charge is 2.25. The Morgan fingerprint density at radius 2 is 2.00 bits per heavy atom. The minimum absolute atomic E-state index is 0.102. The second-order valence-electron chi connectivity index (χ2n) is 6.22. The molecule has 1 aromatic heterocycles. The third-order valence-corrected chi connectivity index (χ3v) is 5.91. The van der Waals surface area contributed by atoms with Gasteiger partial charge in [0.2, 0.25) is 10.0 Å². The molecule has 136 valence electrons. The summed E-state index contributed by atoms with van der Waals surface area (Å²) in [5, 5.41) is 0. The van der Waals surface area contributed by atoms with Gasteiger partial charge in [-0.05, 0) is 31.4 Å². The predicted molar refractivity (Wildman–Crippen MR) is 96.3 cm³/mol. The number of aromatic nitrogens is 2. The summed E-state index contributed by atoms with van der Waals surface area (Å²) in [6.07, 6.45) is 3.39. The number of imidazole rings is 1. The van der Waals surface area contributed by atoms with Crippen molar-refractivity contribution in [3.05, 3.63) is 30.6 Å². The van der Waals surface area contributed by atoms with Crippen LogP contribution in [0, 0.1) is 0 Å². The third kappa shape index (κ3) is 4.29. The van der Waals surface area contributed by atoms with E-state index in [0.717, 1.165) is 11.0 Å². The van der Waals surface area contributed by atoms with Crippen molar-refractivity contribution in [3.63, 3.8) is 0 Å². The highest BCUT2D eigenvalue weighted by molar-refractivity contribution is 7.89. The molecule has 0 bridgehead atoms. The van der Waals surface area contributed by atoms with Gasteiger partial charge in [0, 0.05) is 19.1 Å². The normalized spacial score (nSPS) is 16.3. The lowest BCUT2D eigenvalue weighted by atomic mass is 10.1. The Labute approximate surface area is 147 Å². The van der Waals surface area contributed by atoms with E-state index in [1.807, 2.05) is 31.2 Å². The highest BCUT2D eigenvalue weighted by Crippen LogP contribution is 2.14. The predicted octanol–water partition coefficient (Wildman–Crippen LogP) is 1.49. The molecule has 1 saturated heterocycles. The van der Waals surface area contributed by atoms with Gasteiger partial charge in [0.25, 0.3) is 0 Å². The number of likely N-dealkylation sites (tertiary alicyclic amines) is 1. The number of piperidine rings is 1. The number of hydrogen-bond donors (Lipinski definition) is 2. The monoisotopic (exact) mass is 365 g/mol. The lowest BCUT2D eigenvalue weighted by Gasteiger charge is -2.32. The van der Waals surface area contributed by atoms with Gasteiger partial charge in [0.15, 0.2) is 0 Å². The molecule has 3 rings (SSSR count). The van der Waals surface area contributed by atoms with Crippen LogP contribution in [0.5, 0.6) is 0 Å². The molecule has 1 fully saturated rings. The zero-order valence-corrected chi connectivity index (χ0v) is 15.0. The topological polar surface area (TPSA) is 96.3 Å². The fourth-order valence-electron chi connectivity index (χ4n) is 3.00. The first-order chi connectivity index (χ1) is 12.0. The van der Waals surface area contributed by atoms with E-state index in [0.29, 0.717) is 32.4 Å². The molecule has 25 heavy (non-hydrogen) atoms. The van der Waals surface area contributed by atoms with Gasteiger partial charge >= 0.3 is 6.03 Å². The molecule has 0 atom stereocenters. The molecule has 1 aliphatic heterocycles. The van der Waals surface area contributed by atoms with Crippen LogP contribution in [-0.4, -0.2) is 53.9 Å². The van der Waals surface area contributed by atoms with Crippen molar-refractivity contribution in [3.8, 4) is 0 Å². The van der Waals surface area contributed by atoms with Crippen molar-refractivity contribution in [1.82, 2.24) is 19.3 Å². The quantitative estimate of drug-likeness (QED) is 0.839. The lowest BCUT2D eigenvalue weighted by Crippen LogP contribution is -2.49. The average Bonchev–Trinajstić information content (AvgIpc) is 2.98. The Bertz CT molecular complexity index is 840. The molecule has 2 N–H and O–H groups in total. The summed E-state index contributed by atoms with van der Waals surface area (Å²) in [6.45, 7) is 2.86. The molecule has 1 aromatic carbocycles. The number of rotatable bonds is 5. The van der Waals surface area contributed by atoms with Crippen molar-refractivity contribution in [2.75, 3.05) is 24.3 Å². The number of hydrogen-bond acceptors (Lipinski definition) is 4. The number of fused-ring (bicyclic) bond motifs is 1. The van der Waals surface area contributed by atoms with Crippen molar-refractivity contribution < 1.29 is 13.2 Å². The maximum absolute atomic E-state index is 12.4. The third-order valence-electron chi connectivity index (χ3n) is 4.27. The maximum Gasteiger partial charge on any atom is 0.336 e. The van der Waals surface area contributed by atoms with Crippen LogP contribution < -0.4 is 10.1 Å². The molecular formula is C16H23N5O3S. The number of amides is 2. The van der Waals surface area contributed by atoms with Gasteiger partial charge in [0.1, 0.15) is 6.33 Å². The summed E-state index contributed by atoms with van der Waals surface area (Å²) in [4.78, 5) is 18.4. The number of benzene rings is 1. The smallest absolute Gasteiger partial charge is 0.323 e. The summed E-state index contributed by atoms with van der Waals surface area (Å²) in [7, 11) is -3.22. The molecule has 9 heteroatoms. The summed E-state index contributed by atoms with van der Waals surface area (Å²) < 4.78 is 28.0. The molecule has 0 aliphatic carbocycles. The van der Waals surface area contributed by atoms with Crippen LogP contribution in [0.2, 0.25) is 0 Å². The summed E-state index contributed by atoms with van der Waals surface area (Å²) >= 11 is 0. The minimum atomic E-state index is -3.22. The second kappa shape index (κ2) is 7.40. The second-order valence-corrected chi connectivity index (χ2v) is 8.09. The first kappa shape index (κ1) is 17.7. The van der Waals surface area contributed by atoms with E-state index in [2.05, 4.69) is 15.1 Å². The summed E-state index contributed by atoms with van der Waals surface area (Å²) in [5.74, 6) is 0.140. The molecule has 0 saturated carbocycles. The molecule has 0 radical (unpaired) electrons. The Hall–Kier alpha value is -2.13. The average molecular weight is 365 g/mol. The van der Waals surface area contributed by atoms with E-state index < -0.39 is 10.0 Å². The number of carbonyl (C=O) groups excluding carboxylic acids is 1. The van der Waals surface area contributed by atoms with Crippen LogP contribution in [-0.2, 0) is 10.0 Å². The van der Waals surface area contributed by atoms with E-state index in [9.17, 15) is 13.2 Å². The Balaban J connectivity index is 1.55. The van der Waals surface area contributed by atoms with Gasteiger partial charge in [-0.2, -0.15) is 0 Å². The molecule has 1 aliphatic rings. The molecule has 2 amide bonds. The SMILES string of the molecule is CCCS(=O)(=O)NC1CCN(C(=O)Nn2cnc3ccccc32)CC1. The van der Waals surface area contributed by atoms with Gasteiger partial charge < -0.3 is 4.90 Å². The van der Waals surface area contributed by atoms with Crippen molar-refractivity contribution in [2.24, 2.45) is 0 Å². The molecular weight excluding hydrogens is 342 g/mol. The largest absolute Gasteiger partial charge is 0.336 e. The lowest BCUT2D eigenvalue weighted by molar-refractivity contribution is 0.190. The van der Waals surface area contributed by atoms with Crippen LogP contribution >= 0.6 is 0 Å². The zero-order valence-electron chi connectivity index (χ0n) is 14.2. The van der Waals surface area contributed by atoms with Crippen LogP contribution in [0.4, 0.5) is 4.79 Å². The molecule has 2 aromatic rings. The van der Waals surface area contributed by atoms with E-state index >= 15 is 0 Å². The van der Waals surface area contributed by atoms with Gasteiger partial charge in [-0.1, -0.05) is 19.1 Å². The molecule has 0 spiro atoms. The number of para-hydroxylation sites is 2. The standard InChI is InChI=1S/C16H23N5O3S/c1-2-11-25(23,24)19-13-7-9-20(10-8-13)16(22)18-21-12-17-14-5-3-4-6-15(14)21/h3-6,12-13,19H,2,7-11H2,1H3,(H,18,22). The van der Waals surface area contributed by atoms with E-state index in [4.69, 9.17) is 0 Å². The first-order valence-corrected chi connectivity index (χ1v) is 10.1. The van der Waals surface area contributed by atoms with E-state index in [1.54, 1.807) is 15.9 Å². The minimum Gasteiger partial charge on any atom is -0.323 e. The molecule has 0 unspecified atom stereocenters. The number of nitrogens with zero attached hydrogens (tertiary/aromatic N) is 3. The fourth-order valence-corrected chi connectivity index (χ4v) is 4.40. The van der Waals surface area contributed by atoms with Crippen LogP contribution in [0.15, 0.2) is 30.6 Å². The highest BCUT2D eigenvalue weighted by atomic mass is 32.2. The Kier molecular flexibility index (Phi) is 5.24. The van der Waals surface area contributed by atoms with Gasteiger partial charge in [0.05, 0.1) is 16.8 Å². The van der Waals surface area contributed by atoms with Crippen LogP contribution in [0.3, 0.4) is 0 Å². The molecule has 2 heterocycles. The fraction of sp³-hybridized carbons (Fsp3) is 0.500.